The first-order valence-electron chi connectivity index (χ1n) is 9.82. The predicted molar refractivity (Wildman–Crippen MR) is 110 cm³/mol. The lowest BCUT2D eigenvalue weighted by Gasteiger charge is -2.18. The Balaban J connectivity index is 1.36. The van der Waals surface area contributed by atoms with Gasteiger partial charge < -0.3 is 4.74 Å². The highest BCUT2D eigenvalue weighted by Gasteiger charge is 2.61. The third-order valence-corrected chi connectivity index (χ3v) is 7.33. The van der Waals surface area contributed by atoms with Gasteiger partial charge in [-0.1, -0.05) is 31.2 Å². The molecule has 2 saturated heterocycles. The summed E-state index contributed by atoms with van der Waals surface area (Å²) < 4.78 is 33.6. The molecule has 0 aliphatic carbocycles. The van der Waals surface area contributed by atoms with E-state index in [1.54, 1.807) is 12.1 Å². The van der Waals surface area contributed by atoms with E-state index < -0.39 is 21.9 Å². The van der Waals surface area contributed by atoms with E-state index in [-0.39, 0.29) is 28.9 Å². The number of carbonyl (C=O) groups excluding carboxylic acids is 2. The lowest BCUT2D eigenvalue weighted by Crippen LogP contribution is -2.34. The number of rotatable bonds is 5. The van der Waals surface area contributed by atoms with Crippen LogP contribution in [0.15, 0.2) is 65.6 Å². The van der Waals surface area contributed by atoms with Gasteiger partial charge in [-0.05, 0) is 48.4 Å². The van der Waals surface area contributed by atoms with Crippen molar-refractivity contribution in [3.63, 3.8) is 0 Å². The van der Waals surface area contributed by atoms with E-state index in [4.69, 9.17) is 4.74 Å². The van der Waals surface area contributed by atoms with Crippen molar-refractivity contribution in [1.29, 1.82) is 0 Å². The Labute approximate surface area is 174 Å². The molecule has 2 aromatic rings. The SMILES string of the molecule is CCc1ccc(NS(=O)(=O)c2ccc(N3C(=O)C4C(C3=O)[C@H]3C=C[C@@H]4O3)cc2)cc1. The van der Waals surface area contributed by atoms with Crippen molar-refractivity contribution in [3.05, 3.63) is 66.2 Å². The maximum absolute atomic E-state index is 12.8. The third kappa shape index (κ3) is 2.86. The molecule has 3 aliphatic heterocycles. The van der Waals surface area contributed by atoms with Gasteiger partial charge in [-0.25, -0.2) is 13.3 Å². The fourth-order valence-electron chi connectivity index (χ4n) is 4.36. The van der Waals surface area contributed by atoms with Crippen LogP contribution < -0.4 is 9.62 Å². The van der Waals surface area contributed by atoms with Crippen LogP contribution in [0, 0.1) is 11.8 Å². The second-order valence-corrected chi connectivity index (χ2v) is 9.35. The van der Waals surface area contributed by atoms with E-state index in [2.05, 4.69) is 4.72 Å². The maximum Gasteiger partial charge on any atom is 0.261 e. The van der Waals surface area contributed by atoms with E-state index in [9.17, 15) is 18.0 Å². The van der Waals surface area contributed by atoms with Crippen LogP contribution in [0.4, 0.5) is 11.4 Å². The number of nitrogens with zero attached hydrogens (tertiary/aromatic N) is 1. The lowest BCUT2D eigenvalue weighted by molar-refractivity contribution is -0.124. The van der Waals surface area contributed by atoms with E-state index >= 15 is 0 Å². The number of sulfonamides is 1. The van der Waals surface area contributed by atoms with Gasteiger partial charge in [-0.15, -0.1) is 0 Å². The topological polar surface area (TPSA) is 92.8 Å². The number of ether oxygens (including phenoxy) is 1. The van der Waals surface area contributed by atoms with Crippen LogP contribution in [0.2, 0.25) is 0 Å². The van der Waals surface area contributed by atoms with Crippen LogP contribution in [-0.2, 0) is 30.8 Å². The molecule has 2 unspecified atom stereocenters. The van der Waals surface area contributed by atoms with Crippen LogP contribution in [-0.4, -0.2) is 32.4 Å². The number of anilines is 2. The van der Waals surface area contributed by atoms with Crippen molar-refractivity contribution in [1.82, 2.24) is 0 Å². The summed E-state index contributed by atoms with van der Waals surface area (Å²) in [5.74, 6) is -1.59. The summed E-state index contributed by atoms with van der Waals surface area (Å²) >= 11 is 0. The van der Waals surface area contributed by atoms with E-state index in [1.807, 2.05) is 31.2 Å². The second kappa shape index (κ2) is 6.78. The maximum atomic E-state index is 12.8. The Hall–Kier alpha value is -2.97. The molecule has 8 heteroatoms. The molecule has 0 saturated carbocycles. The van der Waals surface area contributed by atoms with Gasteiger partial charge in [0.25, 0.3) is 10.0 Å². The van der Waals surface area contributed by atoms with Crippen molar-refractivity contribution < 1.29 is 22.7 Å². The Bertz CT molecular complexity index is 1130. The van der Waals surface area contributed by atoms with Crippen LogP contribution in [0.5, 0.6) is 0 Å². The minimum atomic E-state index is -3.79. The molecule has 3 heterocycles. The molecule has 0 aromatic heterocycles. The van der Waals surface area contributed by atoms with Gasteiger partial charge >= 0.3 is 0 Å². The first-order valence-corrected chi connectivity index (χ1v) is 11.3. The van der Waals surface area contributed by atoms with Crippen molar-refractivity contribution >= 4 is 33.2 Å². The number of benzene rings is 2. The van der Waals surface area contributed by atoms with Crippen molar-refractivity contribution in [2.24, 2.45) is 11.8 Å². The van der Waals surface area contributed by atoms with Gasteiger partial charge in [0.1, 0.15) is 0 Å². The highest BCUT2D eigenvalue weighted by atomic mass is 32.2. The molecule has 0 spiro atoms. The smallest absolute Gasteiger partial charge is 0.261 e. The molecule has 2 fully saturated rings. The Morgan fingerprint density at radius 2 is 1.47 bits per heavy atom. The number of hydrogen-bond donors (Lipinski definition) is 1. The zero-order valence-corrected chi connectivity index (χ0v) is 17.0. The van der Waals surface area contributed by atoms with Crippen molar-refractivity contribution in [2.75, 3.05) is 9.62 Å². The van der Waals surface area contributed by atoms with Gasteiger partial charge in [-0.3, -0.25) is 14.3 Å². The standard InChI is InChI=1S/C22H20N2O5S/c1-2-13-3-5-14(6-4-13)23-30(27,28)16-9-7-15(8-10-16)24-21(25)19-17-11-12-18(29-17)20(19)22(24)26/h3-12,17-20,23H,2H2,1H3/t17-,18+,19?,20?. The van der Waals surface area contributed by atoms with E-state index in [0.29, 0.717) is 11.4 Å². The summed E-state index contributed by atoms with van der Waals surface area (Å²) in [6, 6.07) is 12.9. The molecule has 4 atom stereocenters. The highest BCUT2D eigenvalue weighted by molar-refractivity contribution is 7.92. The number of nitrogens with one attached hydrogen (secondary N) is 1. The molecule has 2 amide bonds. The molecule has 2 bridgehead atoms. The van der Waals surface area contributed by atoms with Gasteiger partial charge in [0.15, 0.2) is 0 Å². The van der Waals surface area contributed by atoms with Gasteiger partial charge in [0.2, 0.25) is 11.8 Å². The van der Waals surface area contributed by atoms with Crippen LogP contribution in [0.25, 0.3) is 0 Å². The van der Waals surface area contributed by atoms with Crippen LogP contribution >= 0.6 is 0 Å². The fourth-order valence-corrected chi connectivity index (χ4v) is 5.41. The lowest BCUT2D eigenvalue weighted by atomic mass is 9.85. The van der Waals surface area contributed by atoms with Gasteiger partial charge in [0, 0.05) is 5.69 Å². The quantitative estimate of drug-likeness (QED) is 0.588. The minimum Gasteiger partial charge on any atom is -0.365 e. The Morgan fingerprint density at radius 1 is 0.900 bits per heavy atom. The zero-order valence-electron chi connectivity index (χ0n) is 16.2. The molecule has 154 valence electrons. The van der Waals surface area contributed by atoms with E-state index in [0.717, 1.165) is 16.9 Å². The summed E-state index contributed by atoms with van der Waals surface area (Å²) in [6.07, 6.45) is 3.81. The van der Waals surface area contributed by atoms with Crippen molar-refractivity contribution in [3.8, 4) is 0 Å². The zero-order chi connectivity index (χ0) is 21.0. The van der Waals surface area contributed by atoms with E-state index in [1.165, 1.54) is 24.3 Å². The molecule has 30 heavy (non-hydrogen) atoms. The third-order valence-electron chi connectivity index (χ3n) is 5.93. The predicted octanol–water partition coefficient (Wildman–Crippen LogP) is 2.49. The number of fused-ring (bicyclic) bond motifs is 5. The first-order chi connectivity index (χ1) is 14.4. The molecule has 3 aliphatic rings. The molecular weight excluding hydrogens is 404 g/mol. The largest absolute Gasteiger partial charge is 0.365 e. The second-order valence-electron chi connectivity index (χ2n) is 7.66. The fraction of sp³-hybridized carbons (Fsp3) is 0.273. The van der Waals surface area contributed by atoms with Gasteiger partial charge in [-0.2, -0.15) is 0 Å². The van der Waals surface area contributed by atoms with Crippen LogP contribution in [0.1, 0.15) is 12.5 Å². The Morgan fingerprint density at radius 3 is 2.00 bits per heavy atom. The summed E-state index contributed by atoms with van der Waals surface area (Å²) in [6.45, 7) is 2.03. The molecule has 5 rings (SSSR count). The monoisotopic (exact) mass is 424 g/mol. The average Bonchev–Trinajstić information content (AvgIpc) is 3.42. The molecule has 2 aromatic carbocycles. The summed E-state index contributed by atoms with van der Waals surface area (Å²) in [4.78, 5) is 26.8. The summed E-state index contributed by atoms with van der Waals surface area (Å²) in [7, 11) is -3.79. The molecular formula is C22H20N2O5S. The number of imide groups is 1. The van der Waals surface area contributed by atoms with Gasteiger partial charge in [0.05, 0.1) is 34.6 Å². The van der Waals surface area contributed by atoms with Crippen LogP contribution in [0.3, 0.4) is 0 Å². The number of carbonyl (C=O) groups is 2. The number of hydrogen-bond acceptors (Lipinski definition) is 5. The molecule has 7 nitrogen and oxygen atoms in total. The molecule has 1 N–H and O–H groups in total. The summed E-state index contributed by atoms with van der Waals surface area (Å²) in [5.41, 5.74) is 1.95. The van der Waals surface area contributed by atoms with Crippen molar-refractivity contribution in [2.45, 2.75) is 30.4 Å². The normalized spacial score (nSPS) is 27.0. The minimum absolute atomic E-state index is 0.0511. The highest BCUT2D eigenvalue weighted by Crippen LogP contribution is 2.46. The first kappa shape index (κ1) is 19.0. The number of amides is 2. The Kier molecular flexibility index (Phi) is 4.30. The molecule has 0 radical (unpaired) electrons. The number of aryl methyl sites for hydroxylation is 1. The average molecular weight is 424 g/mol. The summed E-state index contributed by atoms with van der Waals surface area (Å²) in [5, 5.41) is 0.